The van der Waals surface area contributed by atoms with Crippen LogP contribution in [0.2, 0.25) is 5.02 Å². The molecule has 4 aromatic rings. The van der Waals surface area contributed by atoms with Crippen LogP contribution in [0.3, 0.4) is 0 Å². The second kappa shape index (κ2) is 8.77. The number of aromatic nitrogens is 2. The van der Waals surface area contributed by atoms with Gasteiger partial charge in [0.15, 0.2) is 12.2 Å². The van der Waals surface area contributed by atoms with Crippen LogP contribution in [-0.4, -0.2) is 15.3 Å². The van der Waals surface area contributed by atoms with E-state index in [1.54, 1.807) is 43.3 Å². The number of halogens is 2. The first-order chi connectivity index (χ1) is 13.9. The number of imidazole rings is 1. The van der Waals surface area contributed by atoms with Gasteiger partial charge in [0.1, 0.15) is 6.20 Å². The third-order valence-electron chi connectivity index (χ3n) is 4.87. The zero-order chi connectivity index (χ0) is 20.5. The van der Waals surface area contributed by atoms with E-state index in [9.17, 15) is 14.9 Å². The Balaban J connectivity index is 0.00000256. The fraction of sp³-hybridized carbons (Fsp3) is 0.0909. The van der Waals surface area contributed by atoms with Gasteiger partial charge in [-0.3, -0.25) is 14.9 Å². The van der Waals surface area contributed by atoms with E-state index >= 15 is 0 Å². The van der Waals surface area contributed by atoms with Crippen LogP contribution in [0.25, 0.3) is 16.9 Å². The number of nitrogens with zero attached hydrogens (tertiary/aromatic N) is 3. The van der Waals surface area contributed by atoms with Crippen LogP contribution >= 0.6 is 11.6 Å². The minimum atomic E-state index is -0.391. The van der Waals surface area contributed by atoms with Gasteiger partial charge >= 0.3 is 0 Å². The molecule has 0 atom stereocenters. The van der Waals surface area contributed by atoms with Gasteiger partial charge in [0.05, 0.1) is 11.1 Å². The third kappa shape index (κ3) is 4.13. The Morgan fingerprint density at radius 1 is 1.13 bits per heavy atom. The number of hydrogen-bond donors (Lipinski definition) is 0. The van der Waals surface area contributed by atoms with Crippen LogP contribution < -0.4 is 21.4 Å². The summed E-state index contributed by atoms with van der Waals surface area (Å²) in [6, 6.07) is 17.5. The molecule has 0 unspecified atom stereocenters. The van der Waals surface area contributed by atoms with Crippen LogP contribution in [-0.2, 0) is 6.54 Å². The van der Waals surface area contributed by atoms with Crippen molar-refractivity contribution in [2.75, 3.05) is 0 Å². The van der Waals surface area contributed by atoms with E-state index in [-0.39, 0.29) is 35.0 Å². The summed E-state index contributed by atoms with van der Waals surface area (Å²) < 4.78 is 3.77. The van der Waals surface area contributed by atoms with Crippen LogP contribution in [0, 0.1) is 17.0 Å². The SMILES string of the molecule is Cc1ccc(-c2c[n+]3ccccc3n2CC(=O)c2ccc(Cl)cc2)cc1[N+](=O)[O-].[Br-]. The molecule has 2 aromatic carbocycles. The summed E-state index contributed by atoms with van der Waals surface area (Å²) in [7, 11) is 0. The Kier molecular flexibility index (Phi) is 6.34. The molecule has 0 N–H and O–H groups in total. The number of nitro benzene ring substituents is 1. The fourth-order valence-corrected chi connectivity index (χ4v) is 3.47. The van der Waals surface area contributed by atoms with Gasteiger partial charge in [-0.1, -0.05) is 23.7 Å². The van der Waals surface area contributed by atoms with Gasteiger partial charge in [-0.25, -0.2) is 8.97 Å². The number of Topliss-reactive ketones (excluding diaryl/α,β-unsaturated/α-hetero) is 1. The van der Waals surface area contributed by atoms with Gasteiger partial charge in [-0.15, -0.1) is 0 Å². The van der Waals surface area contributed by atoms with Crippen molar-refractivity contribution in [3.05, 3.63) is 99.3 Å². The van der Waals surface area contributed by atoms with Crippen molar-refractivity contribution in [3.8, 4) is 11.3 Å². The maximum Gasteiger partial charge on any atom is 0.287 e. The first kappa shape index (κ1) is 21.7. The van der Waals surface area contributed by atoms with Gasteiger partial charge in [-0.05, 0) is 43.3 Å². The molecule has 6 nitrogen and oxygen atoms in total. The highest BCUT2D eigenvalue weighted by molar-refractivity contribution is 6.30. The number of aryl methyl sites for hydroxylation is 1. The number of pyridine rings is 1. The minimum Gasteiger partial charge on any atom is -1.00 e. The molecule has 0 fully saturated rings. The maximum absolute atomic E-state index is 12.9. The molecule has 8 heteroatoms. The van der Waals surface area contributed by atoms with Gasteiger partial charge < -0.3 is 17.0 Å². The van der Waals surface area contributed by atoms with Crippen LogP contribution in [0.1, 0.15) is 15.9 Å². The summed E-state index contributed by atoms with van der Waals surface area (Å²) in [6.45, 7) is 1.80. The summed E-state index contributed by atoms with van der Waals surface area (Å²) in [5, 5.41) is 11.9. The predicted molar refractivity (Wildman–Crippen MR) is 110 cm³/mol. The third-order valence-corrected chi connectivity index (χ3v) is 5.12. The molecule has 4 rings (SSSR count). The molecule has 0 aliphatic carbocycles. The summed E-state index contributed by atoms with van der Waals surface area (Å²) in [4.78, 5) is 23.9. The lowest BCUT2D eigenvalue weighted by molar-refractivity contribution is -0.510. The zero-order valence-electron chi connectivity index (χ0n) is 16.0. The van der Waals surface area contributed by atoms with E-state index in [1.165, 1.54) is 0 Å². The van der Waals surface area contributed by atoms with Gasteiger partial charge in [0.25, 0.3) is 11.3 Å². The average molecular weight is 487 g/mol. The van der Waals surface area contributed by atoms with E-state index in [0.717, 1.165) is 11.3 Å². The van der Waals surface area contributed by atoms with Gasteiger partial charge in [-0.2, -0.15) is 0 Å². The lowest BCUT2D eigenvalue weighted by atomic mass is 10.1. The highest BCUT2D eigenvalue weighted by atomic mass is 79.9. The van der Waals surface area contributed by atoms with Crippen LogP contribution in [0.15, 0.2) is 73.1 Å². The number of rotatable bonds is 5. The van der Waals surface area contributed by atoms with Crippen molar-refractivity contribution in [1.82, 2.24) is 4.57 Å². The Labute approximate surface area is 188 Å². The standard InChI is InChI=1S/C22H17ClN3O3.BrH/c1-15-5-6-17(12-19(15)26(28)29)20-13-24-11-3-2-4-22(24)25(20)14-21(27)16-7-9-18(23)10-8-16;/h2-13H,14H2,1H3;1H/q+1;/p-1. The Bertz CT molecular complexity index is 1250. The highest BCUT2D eigenvalue weighted by Gasteiger charge is 2.23. The number of benzene rings is 2. The van der Waals surface area contributed by atoms with Crippen LogP contribution in [0.4, 0.5) is 5.69 Å². The second-order valence-electron chi connectivity index (χ2n) is 6.76. The quantitative estimate of drug-likeness (QED) is 0.186. The van der Waals surface area contributed by atoms with Crippen molar-refractivity contribution in [3.63, 3.8) is 0 Å². The molecule has 0 amide bonds. The Morgan fingerprint density at radius 2 is 1.87 bits per heavy atom. The van der Waals surface area contributed by atoms with E-state index in [2.05, 4.69) is 0 Å². The van der Waals surface area contributed by atoms with Crippen molar-refractivity contribution < 1.29 is 31.1 Å². The van der Waals surface area contributed by atoms with Gasteiger partial charge in [0.2, 0.25) is 5.78 Å². The molecule has 0 radical (unpaired) electrons. The molecule has 0 spiro atoms. The number of hydrogen-bond acceptors (Lipinski definition) is 3. The fourth-order valence-electron chi connectivity index (χ4n) is 3.34. The molecular formula is C22H17BrClN3O3. The number of fused-ring (bicyclic) bond motifs is 1. The highest BCUT2D eigenvalue weighted by Crippen LogP contribution is 2.28. The average Bonchev–Trinajstić information content (AvgIpc) is 3.07. The Morgan fingerprint density at radius 3 is 2.57 bits per heavy atom. The van der Waals surface area contributed by atoms with Crippen molar-refractivity contribution in [2.24, 2.45) is 0 Å². The summed E-state index contributed by atoms with van der Waals surface area (Å²) in [5.41, 5.74) is 3.40. The van der Waals surface area contributed by atoms with E-state index < -0.39 is 4.92 Å². The number of carbonyl (C=O) groups is 1. The lowest BCUT2D eigenvalue weighted by Crippen LogP contribution is -3.00. The molecule has 0 saturated heterocycles. The first-order valence-electron chi connectivity index (χ1n) is 8.98. The minimum absolute atomic E-state index is 0. The van der Waals surface area contributed by atoms with Crippen molar-refractivity contribution in [1.29, 1.82) is 0 Å². The molecule has 152 valence electrons. The molecule has 0 aliphatic rings. The lowest BCUT2D eigenvalue weighted by Gasteiger charge is -2.05. The smallest absolute Gasteiger partial charge is 0.287 e. The molecule has 2 aromatic heterocycles. The van der Waals surface area contributed by atoms with Crippen LogP contribution in [0.5, 0.6) is 0 Å². The molecule has 2 heterocycles. The summed E-state index contributed by atoms with van der Waals surface area (Å²) >= 11 is 5.92. The summed E-state index contributed by atoms with van der Waals surface area (Å²) in [6.07, 6.45) is 3.75. The molecular weight excluding hydrogens is 470 g/mol. The maximum atomic E-state index is 12.9. The molecule has 0 bridgehead atoms. The zero-order valence-corrected chi connectivity index (χ0v) is 18.3. The van der Waals surface area contributed by atoms with Gasteiger partial charge in [0, 0.05) is 33.8 Å². The molecule has 0 saturated carbocycles. The molecule has 30 heavy (non-hydrogen) atoms. The Hall–Kier alpha value is -3.03. The second-order valence-corrected chi connectivity index (χ2v) is 7.19. The first-order valence-corrected chi connectivity index (χ1v) is 9.35. The predicted octanol–water partition coefficient (Wildman–Crippen LogP) is 1.65. The van der Waals surface area contributed by atoms with E-state index in [4.69, 9.17) is 11.6 Å². The van der Waals surface area contributed by atoms with E-state index in [0.29, 0.717) is 21.7 Å². The topological polar surface area (TPSA) is 69.2 Å². The van der Waals surface area contributed by atoms with Crippen molar-refractivity contribution in [2.45, 2.75) is 13.5 Å². The normalized spacial score (nSPS) is 10.6. The van der Waals surface area contributed by atoms with Crippen molar-refractivity contribution >= 4 is 28.7 Å². The number of nitro groups is 1. The van der Waals surface area contributed by atoms with E-state index in [1.807, 2.05) is 45.6 Å². The largest absolute Gasteiger partial charge is 1.00 e. The number of ketones is 1. The monoisotopic (exact) mass is 485 g/mol. The number of carbonyl (C=O) groups excluding carboxylic acids is 1. The molecule has 0 aliphatic heterocycles. The summed E-state index contributed by atoms with van der Waals surface area (Å²) in [5.74, 6) is -0.0773.